The topological polar surface area (TPSA) is 56.7 Å². The molecule has 0 atom stereocenters. The molecular formula is C25H34FIN4O. The van der Waals surface area contributed by atoms with Crippen molar-refractivity contribution in [3.05, 3.63) is 71.0 Å². The van der Waals surface area contributed by atoms with Crippen molar-refractivity contribution in [3.8, 4) is 0 Å². The van der Waals surface area contributed by atoms with Gasteiger partial charge in [0, 0.05) is 38.0 Å². The van der Waals surface area contributed by atoms with Crippen LogP contribution in [0.5, 0.6) is 0 Å². The van der Waals surface area contributed by atoms with Gasteiger partial charge in [0.1, 0.15) is 5.82 Å². The number of rotatable bonds is 8. The van der Waals surface area contributed by atoms with E-state index in [0.717, 1.165) is 18.5 Å². The lowest BCUT2D eigenvalue weighted by Crippen LogP contribution is -2.39. The molecule has 174 valence electrons. The highest BCUT2D eigenvalue weighted by Gasteiger charge is 2.23. The van der Waals surface area contributed by atoms with E-state index in [1.54, 1.807) is 12.1 Å². The summed E-state index contributed by atoms with van der Waals surface area (Å²) in [6.45, 7) is 9.49. The number of benzene rings is 2. The van der Waals surface area contributed by atoms with Crippen LogP contribution in [0.15, 0.2) is 53.5 Å². The van der Waals surface area contributed by atoms with Crippen LogP contribution in [-0.4, -0.2) is 36.4 Å². The monoisotopic (exact) mass is 552 g/mol. The number of halogens is 2. The fourth-order valence-corrected chi connectivity index (χ4v) is 3.73. The first kappa shape index (κ1) is 26.1. The van der Waals surface area contributed by atoms with Gasteiger partial charge in [-0.1, -0.05) is 50.2 Å². The summed E-state index contributed by atoms with van der Waals surface area (Å²) in [6.07, 6.45) is 1.25. The molecule has 0 fully saturated rings. The molecule has 1 amide bonds. The molecule has 32 heavy (non-hydrogen) atoms. The van der Waals surface area contributed by atoms with E-state index in [1.807, 2.05) is 30.0 Å². The van der Waals surface area contributed by atoms with Gasteiger partial charge in [0.25, 0.3) is 0 Å². The molecule has 1 aliphatic rings. The molecule has 1 heterocycles. The van der Waals surface area contributed by atoms with Crippen LogP contribution in [0.2, 0.25) is 0 Å². The number of hydrogen-bond acceptors (Lipinski definition) is 2. The van der Waals surface area contributed by atoms with Crippen LogP contribution in [0.25, 0.3) is 0 Å². The summed E-state index contributed by atoms with van der Waals surface area (Å²) in [6, 6.07) is 14.9. The van der Waals surface area contributed by atoms with E-state index in [-0.39, 0.29) is 41.1 Å². The molecule has 0 unspecified atom stereocenters. The molecule has 0 saturated carbocycles. The number of aliphatic imine (C=N–C) groups is 1. The third kappa shape index (κ3) is 7.18. The maximum atomic E-state index is 13.6. The molecular weight excluding hydrogens is 518 g/mol. The molecule has 3 rings (SSSR count). The van der Waals surface area contributed by atoms with E-state index in [0.29, 0.717) is 38.6 Å². The van der Waals surface area contributed by atoms with Gasteiger partial charge in [-0.2, -0.15) is 0 Å². The Morgan fingerprint density at radius 3 is 2.41 bits per heavy atom. The third-order valence-corrected chi connectivity index (χ3v) is 5.64. The van der Waals surface area contributed by atoms with Crippen molar-refractivity contribution in [3.63, 3.8) is 0 Å². The van der Waals surface area contributed by atoms with Gasteiger partial charge in [0.05, 0.1) is 6.54 Å². The molecule has 0 aliphatic carbocycles. The van der Waals surface area contributed by atoms with Crippen molar-refractivity contribution in [1.29, 1.82) is 0 Å². The number of amides is 1. The Kier molecular flexibility index (Phi) is 9.93. The summed E-state index contributed by atoms with van der Waals surface area (Å²) in [5, 5.41) is 6.56. The van der Waals surface area contributed by atoms with Crippen molar-refractivity contribution in [2.24, 2.45) is 4.99 Å². The molecule has 0 spiro atoms. The van der Waals surface area contributed by atoms with Crippen LogP contribution < -0.4 is 10.6 Å². The van der Waals surface area contributed by atoms with E-state index >= 15 is 0 Å². The first-order valence-corrected chi connectivity index (χ1v) is 11.0. The maximum absolute atomic E-state index is 13.6. The molecule has 0 bridgehead atoms. The highest BCUT2D eigenvalue weighted by Crippen LogP contribution is 2.24. The van der Waals surface area contributed by atoms with Crippen LogP contribution >= 0.6 is 24.0 Å². The van der Waals surface area contributed by atoms with Crippen LogP contribution in [0, 0.1) is 5.82 Å². The number of hydrogen-bond donors (Lipinski definition) is 2. The number of fused-ring (bicyclic) bond motifs is 1. The Morgan fingerprint density at radius 2 is 1.78 bits per heavy atom. The van der Waals surface area contributed by atoms with Crippen molar-refractivity contribution in [2.75, 3.05) is 19.6 Å². The average molecular weight is 552 g/mol. The van der Waals surface area contributed by atoms with E-state index < -0.39 is 0 Å². The zero-order valence-corrected chi connectivity index (χ0v) is 21.5. The van der Waals surface area contributed by atoms with Gasteiger partial charge < -0.3 is 15.5 Å². The quantitative estimate of drug-likeness (QED) is 0.218. The van der Waals surface area contributed by atoms with Crippen LogP contribution in [0.1, 0.15) is 50.3 Å². The summed E-state index contributed by atoms with van der Waals surface area (Å²) in [5.74, 6) is 0.672. The number of carbonyl (C=O) groups excluding carboxylic acids is 1. The molecule has 0 aromatic heterocycles. The summed E-state index contributed by atoms with van der Waals surface area (Å²) < 4.78 is 13.6. The highest BCUT2D eigenvalue weighted by molar-refractivity contribution is 14.0. The zero-order valence-electron chi connectivity index (χ0n) is 19.2. The van der Waals surface area contributed by atoms with Crippen molar-refractivity contribution < 1.29 is 9.18 Å². The van der Waals surface area contributed by atoms with E-state index in [4.69, 9.17) is 0 Å². The van der Waals surface area contributed by atoms with Crippen LogP contribution in [0.4, 0.5) is 4.39 Å². The molecule has 0 saturated heterocycles. The summed E-state index contributed by atoms with van der Waals surface area (Å²) >= 11 is 0. The first-order chi connectivity index (χ1) is 14.9. The lowest BCUT2D eigenvalue weighted by molar-refractivity contribution is -0.131. The number of nitrogens with zero attached hydrogens (tertiary/aromatic N) is 2. The van der Waals surface area contributed by atoms with Gasteiger partial charge in [-0.05, 0) is 42.2 Å². The second-order valence-corrected chi connectivity index (χ2v) is 8.64. The Hall–Kier alpha value is -2.16. The van der Waals surface area contributed by atoms with Crippen LogP contribution in [-0.2, 0) is 23.3 Å². The molecule has 2 aromatic carbocycles. The molecule has 0 radical (unpaired) electrons. The van der Waals surface area contributed by atoms with Gasteiger partial charge in [0.15, 0.2) is 5.96 Å². The van der Waals surface area contributed by atoms with Crippen molar-refractivity contribution in [1.82, 2.24) is 15.5 Å². The van der Waals surface area contributed by atoms with E-state index in [2.05, 4.69) is 41.6 Å². The van der Waals surface area contributed by atoms with Gasteiger partial charge in [-0.3, -0.25) is 9.79 Å². The molecule has 5 nitrogen and oxygen atoms in total. The second kappa shape index (κ2) is 12.2. The Labute approximate surface area is 207 Å². The predicted molar refractivity (Wildman–Crippen MR) is 139 cm³/mol. The Bertz CT molecular complexity index is 907. The minimum Gasteiger partial charge on any atom is -0.357 e. The summed E-state index contributed by atoms with van der Waals surface area (Å²) in [7, 11) is 0. The summed E-state index contributed by atoms with van der Waals surface area (Å²) in [5.41, 5.74) is 3.13. The smallest absolute Gasteiger partial charge is 0.223 e. The lowest BCUT2D eigenvalue weighted by Gasteiger charge is -2.24. The fraction of sp³-hybridized carbons (Fsp3) is 0.440. The van der Waals surface area contributed by atoms with Crippen LogP contribution in [0.3, 0.4) is 0 Å². The zero-order chi connectivity index (χ0) is 22.3. The molecule has 1 aliphatic heterocycles. The standard InChI is InChI=1S/C25H33FN4O.HI/c1-4-27-24(29-18-25(2,3)21-11-7-12-22(26)15-21)28-14-8-13-23(31)30-16-19-9-5-6-10-20(19)17-30;/h5-7,9-12,15H,4,8,13-14,16-18H2,1-3H3,(H2,27,28,29);1H. The lowest BCUT2D eigenvalue weighted by atomic mass is 9.85. The fourth-order valence-electron chi connectivity index (χ4n) is 3.73. The normalized spacial score (nSPS) is 13.4. The van der Waals surface area contributed by atoms with Gasteiger partial charge >= 0.3 is 0 Å². The molecule has 2 aromatic rings. The maximum Gasteiger partial charge on any atom is 0.223 e. The minimum absolute atomic E-state index is 0. The number of carbonyl (C=O) groups is 1. The van der Waals surface area contributed by atoms with Gasteiger partial charge in [-0.15, -0.1) is 24.0 Å². The molecule has 7 heteroatoms. The predicted octanol–water partition coefficient (Wildman–Crippen LogP) is 4.60. The van der Waals surface area contributed by atoms with Crippen molar-refractivity contribution >= 4 is 35.8 Å². The average Bonchev–Trinajstić information content (AvgIpc) is 3.19. The SMILES string of the molecule is CCNC(=NCC(C)(C)c1cccc(F)c1)NCCCC(=O)N1Cc2ccccc2C1.I. The Morgan fingerprint density at radius 1 is 1.09 bits per heavy atom. The number of nitrogens with one attached hydrogen (secondary N) is 2. The van der Waals surface area contributed by atoms with Crippen molar-refractivity contribution in [2.45, 2.75) is 52.1 Å². The second-order valence-electron chi connectivity index (χ2n) is 8.64. The van der Waals surface area contributed by atoms with E-state index in [9.17, 15) is 9.18 Å². The number of guanidine groups is 1. The van der Waals surface area contributed by atoms with Gasteiger partial charge in [0.2, 0.25) is 5.91 Å². The summed E-state index contributed by atoms with van der Waals surface area (Å²) in [4.78, 5) is 19.2. The van der Waals surface area contributed by atoms with E-state index in [1.165, 1.54) is 17.2 Å². The van der Waals surface area contributed by atoms with Gasteiger partial charge in [-0.25, -0.2) is 4.39 Å². The third-order valence-electron chi connectivity index (χ3n) is 5.64. The Balaban J connectivity index is 0.00000363. The largest absolute Gasteiger partial charge is 0.357 e. The first-order valence-electron chi connectivity index (χ1n) is 11.0. The highest BCUT2D eigenvalue weighted by atomic mass is 127. The molecule has 2 N–H and O–H groups in total. The minimum atomic E-state index is -0.287.